The Morgan fingerprint density at radius 1 is 0.944 bits per heavy atom. The second kappa shape index (κ2) is 9.79. The lowest BCUT2D eigenvalue weighted by molar-refractivity contribution is 0.0600. The van der Waals surface area contributed by atoms with Crippen LogP contribution in [0.5, 0.6) is 5.75 Å². The molecule has 182 valence electrons. The fourth-order valence-electron chi connectivity index (χ4n) is 5.66. The molecule has 3 aliphatic rings. The highest BCUT2D eigenvalue weighted by Gasteiger charge is 2.24. The first kappa shape index (κ1) is 22.8. The summed E-state index contributed by atoms with van der Waals surface area (Å²) in [6.45, 7) is 2.75. The van der Waals surface area contributed by atoms with E-state index in [1.807, 2.05) is 12.1 Å². The van der Waals surface area contributed by atoms with E-state index in [-0.39, 0.29) is 5.97 Å². The molecule has 0 unspecified atom stereocenters. The summed E-state index contributed by atoms with van der Waals surface area (Å²) in [5.41, 5.74) is 12.2. The van der Waals surface area contributed by atoms with E-state index in [0.717, 1.165) is 57.6 Å². The molecular formula is C32H31NO3. The Labute approximate surface area is 212 Å². The lowest BCUT2D eigenvalue weighted by atomic mass is 9.84. The Morgan fingerprint density at radius 3 is 2.58 bits per heavy atom. The molecule has 2 aliphatic heterocycles. The quantitative estimate of drug-likeness (QED) is 0.463. The highest BCUT2D eigenvalue weighted by Crippen LogP contribution is 2.43. The van der Waals surface area contributed by atoms with Gasteiger partial charge in [-0.25, -0.2) is 4.79 Å². The number of hydrogen-bond donors (Lipinski definition) is 1. The van der Waals surface area contributed by atoms with Crippen molar-refractivity contribution >= 4 is 23.2 Å². The van der Waals surface area contributed by atoms with Crippen LogP contribution in [0, 0.1) is 0 Å². The van der Waals surface area contributed by atoms with Crippen LogP contribution in [0.15, 0.2) is 66.2 Å². The second-order valence-electron chi connectivity index (χ2n) is 9.83. The van der Waals surface area contributed by atoms with Gasteiger partial charge in [-0.2, -0.15) is 0 Å². The van der Waals surface area contributed by atoms with Crippen LogP contribution in [0.1, 0.15) is 63.0 Å². The third-order valence-corrected chi connectivity index (χ3v) is 7.53. The standard InChI is InChI=1S/C32H31NO3/c1-35-32(34)25-14-15-26-24(18-25)5-2-7-29(27-6-3-9-30-28(27)8-4-16-36-30)31(26)23-12-10-21(11-13-23)17-22-19-33-20-22/h3,6,9-15,17-18,33H,2,4-5,7-8,16,19-20H2,1H3. The Morgan fingerprint density at radius 2 is 1.81 bits per heavy atom. The van der Waals surface area contributed by atoms with Crippen LogP contribution in [-0.2, 0) is 17.6 Å². The summed E-state index contributed by atoms with van der Waals surface area (Å²) >= 11 is 0. The predicted octanol–water partition coefficient (Wildman–Crippen LogP) is 6.08. The van der Waals surface area contributed by atoms with Crippen molar-refractivity contribution in [3.8, 4) is 5.75 Å². The van der Waals surface area contributed by atoms with E-state index in [2.05, 4.69) is 59.9 Å². The number of ether oxygens (including phenoxy) is 2. The highest BCUT2D eigenvalue weighted by molar-refractivity contribution is 6.01. The molecule has 1 saturated heterocycles. The van der Waals surface area contributed by atoms with E-state index in [1.165, 1.54) is 57.2 Å². The Kier molecular flexibility index (Phi) is 6.20. The number of fused-ring (bicyclic) bond motifs is 2. The minimum atomic E-state index is -0.287. The molecule has 4 nitrogen and oxygen atoms in total. The number of methoxy groups -OCH3 is 1. The summed E-state index contributed by atoms with van der Waals surface area (Å²) in [5.74, 6) is 0.733. The maximum atomic E-state index is 12.3. The third kappa shape index (κ3) is 4.27. The first-order chi connectivity index (χ1) is 17.7. The molecule has 0 spiro atoms. The van der Waals surface area contributed by atoms with Gasteiger partial charge in [0.25, 0.3) is 0 Å². The van der Waals surface area contributed by atoms with E-state index in [0.29, 0.717) is 5.56 Å². The van der Waals surface area contributed by atoms with Crippen LogP contribution >= 0.6 is 0 Å². The lowest BCUT2D eigenvalue weighted by Gasteiger charge is -2.23. The molecule has 3 aromatic carbocycles. The molecule has 1 N–H and O–H groups in total. The van der Waals surface area contributed by atoms with Gasteiger partial charge in [-0.05, 0) is 94.8 Å². The van der Waals surface area contributed by atoms with E-state index in [4.69, 9.17) is 9.47 Å². The van der Waals surface area contributed by atoms with Crippen molar-refractivity contribution in [1.29, 1.82) is 0 Å². The number of carbonyl (C=O) groups is 1. The normalized spacial score (nSPS) is 16.8. The Balaban J connectivity index is 1.54. The monoisotopic (exact) mass is 477 g/mol. The molecule has 1 fully saturated rings. The molecule has 4 heteroatoms. The van der Waals surface area contributed by atoms with Gasteiger partial charge in [0.15, 0.2) is 0 Å². The second-order valence-corrected chi connectivity index (χ2v) is 9.83. The molecule has 0 amide bonds. The zero-order valence-corrected chi connectivity index (χ0v) is 20.7. The average Bonchev–Trinajstić information content (AvgIpc) is 3.09. The summed E-state index contributed by atoms with van der Waals surface area (Å²) in [4.78, 5) is 12.3. The molecule has 0 atom stereocenters. The molecule has 2 heterocycles. The molecule has 6 rings (SSSR count). The predicted molar refractivity (Wildman–Crippen MR) is 144 cm³/mol. The van der Waals surface area contributed by atoms with Crippen LogP contribution in [0.25, 0.3) is 17.2 Å². The molecular weight excluding hydrogens is 446 g/mol. The van der Waals surface area contributed by atoms with E-state index in [1.54, 1.807) is 0 Å². The zero-order valence-electron chi connectivity index (χ0n) is 20.7. The van der Waals surface area contributed by atoms with Gasteiger partial charge in [-0.15, -0.1) is 0 Å². The number of hydrogen-bond acceptors (Lipinski definition) is 4. The molecule has 1 aliphatic carbocycles. The fourth-order valence-corrected chi connectivity index (χ4v) is 5.66. The van der Waals surface area contributed by atoms with Crippen molar-refractivity contribution in [1.82, 2.24) is 5.32 Å². The number of nitrogens with one attached hydrogen (secondary N) is 1. The highest BCUT2D eigenvalue weighted by atomic mass is 16.5. The molecule has 36 heavy (non-hydrogen) atoms. The van der Waals surface area contributed by atoms with Gasteiger partial charge in [-0.3, -0.25) is 0 Å². The van der Waals surface area contributed by atoms with Gasteiger partial charge in [-0.1, -0.05) is 48.5 Å². The number of allylic oxidation sites excluding steroid dienone is 1. The third-order valence-electron chi connectivity index (χ3n) is 7.53. The van der Waals surface area contributed by atoms with Gasteiger partial charge >= 0.3 is 5.97 Å². The van der Waals surface area contributed by atoms with Crippen LogP contribution in [0.2, 0.25) is 0 Å². The van der Waals surface area contributed by atoms with E-state index >= 15 is 0 Å². The van der Waals surface area contributed by atoms with Crippen LogP contribution in [-0.4, -0.2) is 32.8 Å². The van der Waals surface area contributed by atoms with Gasteiger partial charge in [0.1, 0.15) is 5.75 Å². The average molecular weight is 478 g/mol. The number of aryl methyl sites for hydroxylation is 1. The van der Waals surface area contributed by atoms with Crippen molar-refractivity contribution in [3.63, 3.8) is 0 Å². The van der Waals surface area contributed by atoms with Crippen LogP contribution in [0.4, 0.5) is 0 Å². The minimum Gasteiger partial charge on any atom is -0.493 e. The van der Waals surface area contributed by atoms with Gasteiger partial charge in [0.2, 0.25) is 0 Å². The first-order valence-electron chi connectivity index (χ1n) is 12.9. The maximum absolute atomic E-state index is 12.3. The number of rotatable bonds is 4. The summed E-state index contributed by atoms with van der Waals surface area (Å²) < 4.78 is 11.0. The zero-order chi connectivity index (χ0) is 24.5. The van der Waals surface area contributed by atoms with Crippen molar-refractivity contribution in [2.75, 3.05) is 26.8 Å². The van der Waals surface area contributed by atoms with E-state index < -0.39 is 0 Å². The summed E-state index contributed by atoms with van der Waals surface area (Å²) in [5, 5.41) is 3.31. The Bertz CT molecular complexity index is 1380. The lowest BCUT2D eigenvalue weighted by Crippen LogP contribution is -2.33. The maximum Gasteiger partial charge on any atom is 0.337 e. The first-order valence-corrected chi connectivity index (χ1v) is 12.9. The number of carbonyl (C=O) groups excluding carboxylic acids is 1. The minimum absolute atomic E-state index is 0.287. The SMILES string of the molecule is COC(=O)c1ccc2c(c1)CCCC(c1cccc3c1CCCO3)=C2c1ccc(C=C2CNC2)cc1. The molecule has 0 radical (unpaired) electrons. The topological polar surface area (TPSA) is 47.6 Å². The van der Waals surface area contributed by atoms with Gasteiger partial charge < -0.3 is 14.8 Å². The number of benzene rings is 3. The van der Waals surface area contributed by atoms with Gasteiger partial charge in [0, 0.05) is 18.7 Å². The smallest absolute Gasteiger partial charge is 0.337 e. The van der Waals surface area contributed by atoms with Crippen molar-refractivity contribution in [2.24, 2.45) is 0 Å². The van der Waals surface area contributed by atoms with Crippen molar-refractivity contribution in [2.45, 2.75) is 32.1 Å². The van der Waals surface area contributed by atoms with Crippen molar-refractivity contribution < 1.29 is 14.3 Å². The summed E-state index contributed by atoms with van der Waals surface area (Å²) in [6, 6.07) is 21.5. The van der Waals surface area contributed by atoms with Gasteiger partial charge in [0.05, 0.1) is 19.3 Å². The largest absolute Gasteiger partial charge is 0.493 e. The molecule has 3 aromatic rings. The van der Waals surface area contributed by atoms with Crippen LogP contribution < -0.4 is 10.1 Å². The van der Waals surface area contributed by atoms with Crippen molar-refractivity contribution in [3.05, 3.63) is 105 Å². The fraction of sp³-hybridized carbons (Fsp3) is 0.281. The Hall–Kier alpha value is -3.63. The van der Waals surface area contributed by atoms with E-state index in [9.17, 15) is 4.79 Å². The van der Waals surface area contributed by atoms with Crippen LogP contribution in [0.3, 0.4) is 0 Å². The summed E-state index contributed by atoms with van der Waals surface area (Å²) in [7, 11) is 1.44. The molecule has 0 aromatic heterocycles. The molecule has 0 saturated carbocycles. The summed E-state index contributed by atoms with van der Waals surface area (Å²) in [6.07, 6.45) is 7.30. The molecule has 0 bridgehead atoms. The number of esters is 1.